The molecule has 3 nitrogen and oxygen atoms in total. The van der Waals surface area contributed by atoms with Gasteiger partial charge < -0.3 is 15.3 Å². The molecular weight excluding hydrogens is 248 g/mol. The predicted octanol–water partition coefficient (Wildman–Crippen LogP) is 3.09. The highest BCUT2D eigenvalue weighted by Crippen LogP contribution is 2.32. The van der Waals surface area contributed by atoms with Crippen LogP contribution in [0, 0.1) is 0 Å². The van der Waals surface area contributed by atoms with Gasteiger partial charge in [-0.15, -0.1) is 0 Å². The van der Waals surface area contributed by atoms with Crippen molar-refractivity contribution in [3.8, 4) is 5.75 Å². The Hall–Kier alpha value is -1.06. The van der Waals surface area contributed by atoms with Crippen LogP contribution in [0.4, 0.5) is 0 Å². The zero-order valence-corrected chi connectivity index (χ0v) is 13.0. The lowest BCUT2D eigenvalue weighted by Gasteiger charge is -2.31. The maximum atomic E-state index is 9.61. The Labute approximate surface area is 123 Å². The average Bonchev–Trinajstić information content (AvgIpc) is 2.44. The molecule has 0 aliphatic heterocycles. The molecule has 0 heterocycles. The highest BCUT2D eigenvalue weighted by molar-refractivity contribution is 5.38. The molecule has 0 radical (unpaired) electrons. The standard InChI is InChI=1S/C17H28N2O/c1-4-19(5-2)12-13(3)18-17-8-6-7-14-11-15(20)9-10-16(14)17/h9-11,13,17-18,20H,4-8,12H2,1-3H3. The van der Waals surface area contributed by atoms with Gasteiger partial charge in [-0.25, -0.2) is 0 Å². The van der Waals surface area contributed by atoms with E-state index in [1.54, 1.807) is 0 Å². The van der Waals surface area contributed by atoms with E-state index in [0.29, 0.717) is 17.8 Å². The first-order valence-corrected chi connectivity index (χ1v) is 7.94. The largest absolute Gasteiger partial charge is 0.508 e. The third kappa shape index (κ3) is 3.74. The van der Waals surface area contributed by atoms with Crippen LogP contribution >= 0.6 is 0 Å². The normalized spacial score (nSPS) is 19.9. The third-order valence-electron chi connectivity index (χ3n) is 4.35. The molecule has 1 aromatic carbocycles. The summed E-state index contributed by atoms with van der Waals surface area (Å²) in [7, 11) is 0. The van der Waals surface area contributed by atoms with Crippen molar-refractivity contribution in [1.82, 2.24) is 10.2 Å². The predicted molar refractivity (Wildman–Crippen MR) is 84.2 cm³/mol. The van der Waals surface area contributed by atoms with Gasteiger partial charge in [-0.3, -0.25) is 0 Å². The first-order chi connectivity index (χ1) is 9.63. The summed E-state index contributed by atoms with van der Waals surface area (Å²) in [5.41, 5.74) is 2.68. The monoisotopic (exact) mass is 276 g/mol. The molecule has 0 saturated heterocycles. The Balaban J connectivity index is 2.01. The fourth-order valence-corrected chi connectivity index (χ4v) is 3.24. The van der Waals surface area contributed by atoms with Gasteiger partial charge in [0.2, 0.25) is 0 Å². The molecule has 0 spiro atoms. The van der Waals surface area contributed by atoms with Crippen molar-refractivity contribution in [3.05, 3.63) is 29.3 Å². The number of hydrogen-bond donors (Lipinski definition) is 2. The highest BCUT2D eigenvalue weighted by Gasteiger charge is 2.22. The first-order valence-electron chi connectivity index (χ1n) is 7.94. The maximum Gasteiger partial charge on any atom is 0.115 e. The lowest BCUT2D eigenvalue weighted by atomic mass is 9.87. The number of likely N-dealkylation sites (N-methyl/N-ethyl adjacent to an activating group) is 1. The number of fused-ring (bicyclic) bond motifs is 1. The van der Waals surface area contributed by atoms with Gasteiger partial charge in [0.15, 0.2) is 0 Å². The fourth-order valence-electron chi connectivity index (χ4n) is 3.24. The summed E-state index contributed by atoms with van der Waals surface area (Å²) in [5.74, 6) is 0.389. The van der Waals surface area contributed by atoms with Crippen LogP contribution in [0.25, 0.3) is 0 Å². The summed E-state index contributed by atoms with van der Waals surface area (Å²) in [6.45, 7) is 10.0. The minimum Gasteiger partial charge on any atom is -0.508 e. The molecule has 1 aliphatic carbocycles. The molecule has 0 fully saturated rings. The Morgan fingerprint density at radius 1 is 1.35 bits per heavy atom. The second kappa shape index (κ2) is 7.09. The van der Waals surface area contributed by atoms with Gasteiger partial charge in [-0.1, -0.05) is 19.9 Å². The molecule has 0 saturated carbocycles. The van der Waals surface area contributed by atoms with E-state index in [1.807, 2.05) is 12.1 Å². The molecule has 2 unspecified atom stereocenters. The van der Waals surface area contributed by atoms with E-state index in [9.17, 15) is 5.11 Å². The van der Waals surface area contributed by atoms with Gasteiger partial charge in [-0.2, -0.15) is 0 Å². The summed E-state index contributed by atoms with van der Waals surface area (Å²) < 4.78 is 0. The van der Waals surface area contributed by atoms with E-state index in [2.05, 4.69) is 37.1 Å². The second-order valence-electron chi connectivity index (χ2n) is 5.88. The van der Waals surface area contributed by atoms with E-state index < -0.39 is 0 Å². The van der Waals surface area contributed by atoms with Crippen molar-refractivity contribution < 1.29 is 5.11 Å². The minimum absolute atomic E-state index is 0.389. The average molecular weight is 276 g/mol. The van der Waals surface area contributed by atoms with E-state index in [-0.39, 0.29) is 0 Å². The Kier molecular flexibility index (Phi) is 5.44. The van der Waals surface area contributed by atoms with Gasteiger partial charge in [0, 0.05) is 18.6 Å². The number of nitrogens with one attached hydrogen (secondary N) is 1. The smallest absolute Gasteiger partial charge is 0.115 e. The summed E-state index contributed by atoms with van der Waals surface area (Å²) in [6.07, 6.45) is 3.48. The van der Waals surface area contributed by atoms with Crippen LogP contribution < -0.4 is 5.32 Å². The van der Waals surface area contributed by atoms with Crippen LogP contribution in [0.3, 0.4) is 0 Å². The lowest BCUT2D eigenvalue weighted by molar-refractivity contribution is 0.257. The van der Waals surface area contributed by atoms with Gasteiger partial charge in [0.25, 0.3) is 0 Å². The first kappa shape index (κ1) is 15.3. The van der Waals surface area contributed by atoms with Crippen LogP contribution in [-0.2, 0) is 6.42 Å². The van der Waals surface area contributed by atoms with Crippen molar-refractivity contribution in [2.75, 3.05) is 19.6 Å². The number of phenolic OH excluding ortho intramolecular Hbond substituents is 1. The molecule has 2 N–H and O–H groups in total. The molecule has 0 bridgehead atoms. The van der Waals surface area contributed by atoms with Crippen LogP contribution in [0.15, 0.2) is 18.2 Å². The summed E-state index contributed by atoms with van der Waals surface area (Å²) in [6, 6.07) is 6.75. The van der Waals surface area contributed by atoms with Crippen molar-refractivity contribution in [2.45, 2.75) is 52.1 Å². The second-order valence-corrected chi connectivity index (χ2v) is 5.88. The van der Waals surface area contributed by atoms with Gasteiger partial charge in [0.05, 0.1) is 0 Å². The summed E-state index contributed by atoms with van der Waals surface area (Å²) in [4.78, 5) is 2.46. The molecule has 1 aromatic rings. The van der Waals surface area contributed by atoms with E-state index in [4.69, 9.17) is 0 Å². The number of rotatable bonds is 6. The van der Waals surface area contributed by atoms with E-state index in [0.717, 1.165) is 26.1 Å². The quantitative estimate of drug-likeness (QED) is 0.838. The Morgan fingerprint density at radius 2 is 2.10 bits per heavy atom. The van der Waals surface area contributed by atoms with Crippen LogP contribution in [0.2, 0.25) is 0 Å². The zero-order valence-electron chi connectivity index (χ0n) is 13.0. The van der Waals surface area contributed by atoms with Crippen molar-refractivity contribution in [2.24, 2.45) is 0 Å². The molecule has 1 aliphatic rings. The number of nitrogens with zero attached hydrogens (tertiary/aromatic N) is 1. The number of hydrogen-bond acceptors (Lipinski definition) is 3. The lowest BCUT2D eigenvalue weighted by Crippen LogP contribution is -2.41. The molecule has 0 aromatic heterocycles. The van der Waals surface area contributed by atoms with Crippen LogP contribution in [-0.4, -0.2) is 35.7 Å². The topological polar surface area (TPSA) is 35.5 Å². The number of benzene rings is 1. The molecule has 2 atom stereocenters. The molecule has 0 amide bonds. The zero-order chi connectivity index (χ0) is 14.5. The maximum absolute atomic E-state index is 9.61. The van der Waals surface area contributed by atoms with Crippen LogP contribution in [0.1, 0.15) is 50.8 Å². The van der Waals surface area contributed by atoms with Crippen LogP contribution in [0.5, 0.6) is 5.75 Å². The Bertz CT molecular complexity index is 429. The van der Waals surface area contributed by atoms with Crippen molar-refractivity contribution in [3.63, 3.8) is 0 Å². The number of phenols is 1. The van der Waals surface area contributed by atoms with Gasteiger partial charge >= 0.3 is 0 Å². The van der Waals surface area contributed by atoms with Crippen molar-refractivity contribution >= 4 is 0 Å². The highest BCUT2D eigenvalue weighted by atomic mass is 16.3. The summed E-state index contributed by atoms with van der Waals surface area (Å²) >= 11 is 0. The SMILES string of the molecule is CCN(CC)CC(C)NC1CCCc2cc(O)ccc21. The van der Waals surface area contributed by atoms with Gasteiger partial charge in [-0.05, 0) is 62.5 Å². The molecule has 112 valence electrons. The van der Waals surface area contributed by atoms with Gasteiger partial charge in [0.1, 0.15) is 5.75 Å². The van der Waals surface area contributed by atoms with Crippen molar-refractivity contribution in [1.29, 1.82) is 0 Å². The molecular formula is C17H28N2O. The van der Waals surface area contributed by atoms with E-state index in [1.165, 1.54) is 24.0 Å². The number of aromatic hydroxyl groups is 1. The molecule has 3 heteroatoms. The third-order valence-corrected chi connectivity index (χ3v) is 4.35. The Morgan fingerprint density at radius 3 is 2.80 bits per heavy atom. The minimum atomic E-state index is 0.389. The molecule has 20 heavy (non-hydrogen) atoms. The number of aryl methyl sites for hydroxylation is 1. The van der Waals surface area contributed by atoms with E-state index >= 15 is 0 Å². The molecule has 2 rings (SSSR count). The summed E-state index contributed by atoms with van der Waals surface area (Å²) in [5, 5.41) is 13.4. The fraction of sp³-hybridized carbons (Fsp3) is 0.647.